The van der Waals surface area contributed by atoms with E-state index in [0.29, 0.717) is 5.56 Å². The third-order valence-corrected chi connectivity index (χ3v) is 2.80. The quantitative estimate of drug-likeness (QED) is 0.579. The summed E-state index contributed by atoms with van der Waals surface area (Å²) >= 11 is 0. The van der Waals surface area contributed by atoms with Gasteiger partial charge in [-0.2, -0.15) is 0 Å². The first kappa shape index (κ1) is 8.94. The second-order valence-electron chi connectivity index (χ2n) is 3.59. The number of ketones is 1. The molecule has 0 spiro atoms. The molecule has 1 amide bonds. The smallest absolute Gasteiger partial charge is 0.299 e. The highest BCUT2D eigenvalue weighted by atomic mass is 16.2. The number of carbonyl (C=O) groups excluding carboxylic acids is 2. The summed E-state index contributed by atoms with van der Waals surface area (Å²) in [5, 5.41) is 0. The van der Waals surface area contributed by atoms with Crippen LogP contribution >= 0.6 is 0 Å². The molecule has 14 heavy (non-hydrogen) atoms. The molecule has 0 atom stereocenters. The summed E-state index contributed by atoms with van der Waals surface area (Å²) in [6, 6.07) is 3.75. The molecule has 1 heterocycles. The second-order valence-corrected chi connectivity index (χ2v) is 3.59. The highest BCUT2D eigenvalue weighted by Crippen LogP contribution is 2.31. The molecular weight excluding hydrogens is 178 g/mol. The minimum Gasteiger partial charge on any atom is -0.308 e. The molecule has 1 aliphatic rings. The molecule has 3 nitrogen and oxygen atoms in total. The first-order chi connectivity index (χ1) is 6.54. The standard InChI is InChI=1S/C11H11NO2/c1-6-4-5-8-9(7(6)2)10(13)11(14)12(8)3/h4-5H,1-3H3. The van der Waals surface area contributed by atoms with Crippen molar-refractivity contribution in [2.24, 2.45) is 0 Å². The maximum Gasteiger partial charge on any atom is 0.299 e. The maximum absolute atomic E-state index is 11.6. The van der Waals surface area contributed by atoms with Gasteiger partial charge < -0.3 is 4.90 Å². The van der Waals surface area contributed by atoms with Crippen LogP contribution in [-0.4, -0.2) is 18.7 Å². The zero-order chi connectivity index (χ0) is 10.5. The lowest BCUT2D eigenvalue weighted by molar-refractivity contribution is -0.114. The van der Waals surface area contributed by atoms with Gasteiger partial charge in [0.15, 0.2) is 0 Å². The number of anilines is 1. The lowest BCUT2D eigenvalue weighted by Gasteiger charge is -2.10. The number of aryl methyl sites for hydroxylation is 1. The number of nitrogens with zero attached hydrogens (tertiary/aromatic N) is 1. The van der Waals surface area contributed by atoms with Crippen molar-refractivity contribution in [2.75, 3.05) is 11.9 Å². The molecule has 0 unspecified atom stereocenters. The molecule has 0 radical (unpaired) electrons. The first-order valence-electron chi connectivity index (χ1n) is 4.46. The van der Waals surface area contributed by atoms with Gasteiger partial charge in [0.1, 0.15) is 0 Å². The van der Waals surface area contributed by atoms with E-state index in [0.717, 1.165) is 16.8 Å². The molecule has 1 aromatic rings. The number of carbonyl (C=O) groups is 2. The molecule has 1 aromatic carbocycles. The fourth-order valence-electron chi connectivity index (χ4n) is 1.74. The van der Waals surface area contributed by atoms with Crippen molar-refractivity contribution in [3.63, 3.8) is 0 Å². The van der Waals surface area contributed by atoms with Gasteiger partial charge in [-0.15, -0.1) is 0 Å². The molecule has 1 aliphatic heterocycles. The fraction of sp³-hybridized carbons (Fsp3) is 0.273. The van der Waals surface area contributed by atoms with E-state index in [2.05, 4.69) is 0 Å². The summed E-state index contributed by atoms with van der Waals surface area (Å²) < 4.78 is 0. The Labute approximate surface area is 82.3 Å². The van der Waals surface area contributed by atoms with Crippen LogP contribution in [0.2, 0.25) is 0 Å². The Morgan fingerprint density at radius 1 is 1.14 bits per heavy atom. The molecular formula is C11H11NO2. The Morgan fingerprint density at radius 2 is 1.79 bits per heavy atom. The van der Waals surface area contributed by atoms with Gasteiger partial charge in [-0.3, -0.25) is 9.59 Å². The Balaban J connectivity index is 2.76. The molecule has 3 heteroatoms. The molecule has 2 rings (SSSR count). The van der Waals surface area contributed by atoms with Gasteiger partial charge in [0.2, 0.25) is 0 Å². The lowest BCUT2D eigenvalue weighted by atomic mass is 10.0. The predicted octanol–water partition coefficient (Wildman–Crippen LogP) is 1.46. The summed E-state index contributed by atoms with van der Waals surface area (Å²) in [5.41, 5.74) is 3.24. The molecule has 0 saturated heterocycles. The van der Waals surface area contributed by atoms with Crippen molar-refractivity contribution in [2.45, 2.75) is 13.8 Å². The molecule has 0 N–H and O–H groups in total. The predicted molar refractivity (Wildman–Crippen MR) is 53.7 cm³/mol. The average Bonchev–Trinajstić information content (AvgIpc) is 2.38. The van der Waals surface area contributed by atoms with Crippen molar-refractivity contribution < 1.29 is 9.59 Å². The van der Waals surface area contributed by atoms with Crippen molar-refractivity contribution in [1.29, 1.82) is 0 Å². The van der Waals surface area contributed by atoms with Crippen LogP contribution < -0.4 is 4.90 Å². The summed E-state index contributed by atoms with van der Waals surface area (Å²) in [6.07, 6.45) is 0. The zero-order valence-electron chi connectivity index (χ0n) is 8.42. The van der Waals surface area contributed by atoms with Gasteiger partial charge in [-0.25, -0.2) is 0 Å². The van der Waals surface area contributed by atoms with Crippen LogP contribution in [0.1, 0.15) is 21.5 Å². The number of hydrogen-bond acceptors (Lipinski definition) is 2. The number of likely N-dealkylation sites (N-methyl/N-ethyl adjacent to an activating group) is 1. The Bertz CT molecular complexity index is 449. The van der Waals surface area contributed by atoms with E-state index in [1.165, 1.54) is 4.90 Å². The fourth-order valence-corrected chi connectivity index (χ4v) is 1.74. The summed E-state index contributed by atoms with van der Waals surface area (Å²) in [6.45, 7) is 3.81. The van der Waals surface area contributed by atoms with Crippen molar-refractivity contribution in [1.82, 2.24) is 0 Å². The van der Waals surface area contributed by atoms with Crippen molar-refractivity contribution in [3.8, 4) is 0 Å². The van der Waals surface area contributed by atoms with Crippen LogP contribution in [0.15, 0.2) is 12.1 Å². The first-order valence-corrected chi connectivity index (χ1v) is 4.46. The molecule has 0 saturated carbocycles. The average molecular weight is 189 g/mol. The van der Waals surface area contributed by atoms with Gasteiger partial charge in [0.25, 0.3) is 11.7 Å². The molecule has 0 bridgehead atoms. The third-order valence-electron chi connectivity index (χ3n) is 2.80. The van der Waals surface area contributed by atoms with Crippen molar-refractivity contribution in [3.05, 3.63) is 28.8 Å². The van der Waals surface area contributed by atoms with Gasteiger partial charge in [-0.05, 0) is 31.0 Å². The van der Waals surface area contributed by atoms with E-state index in [1.807, 2.05) is 26.0 Å². The Hall–Kier alpha value is -1.64. The van der Waals surface area contributed by atoms with E-state index >= 15 is 0 Å². The van der Waals surface area contributed by atoms with Gasteiger partial charge >= 0.3 is 0 Å². The highest BCUT2D eigenvalue weighted by molar-refractivity contribution is 6.52. The number of Topliss-reactive ketones (excluding diaryl/α,β-unsaturated/α-hetero) is 1. The molecule has 72 valence electrons. The van der Waals surface area contributed by atoms with Crippen LogP contribution in [0.3, 0.4) is 0 Å². The lowest BCUT2D eigenvalue weighted by Crippen LogP contribution is -2.24. The van der Waals surface area contributed by atoms with Crippen LogP contribution in [0.25, 0.3) is 0 Å². The van der Waals surface area contributed by atoms with E-state index in [1.54, 1.807) is 7.05 Å². The number of fused-ring (bicyclic) bond motifs is 1. The van der Waals surface area contributed by atoms with E-state index < -0.39 is 5.91 Å². The zero-order valence-corrected chi connectivity index (χ0v) is 8.42. The van der Waals surface area contributed by atoms with E-state index in [4.69, 9.17) is 0 Å². The summed E-state index contributed by atoms with van der Waals surface area (Å²) in [5.74, 6) is -0.822. The summed E-state index contributed by atoms with van der Waals surface area (Å²) in [7, 11) is 1.63. The monoisotopic (exact) mass is 189 g/mol. The molecule has 0 aliphatic carbocycles. The topological polar surface area (TPSA) is 37.4 Å². The Morgan fingerprint density at radius 3 is 2.43 bits per heavy atom. The normalized spacial score (nSPS) is 14.9. The van der Waals surface area contributed by atoms with Crippen LogP contribution in [0.5, 0.6) is 0 Å². The van der Waals surface area contributed by atoms with Crippen molar-refractivity contribution >= 4 is 17.4 Å². The molecule has 0 aromatic heterocycles. The number of amides is 1. The van der Waals surface area contributed by atoms with Gasteiger partial charge in [0, 0.05) is 7.05 Å². The SMILES string of the molecule is Cc1ccc2c(c1C)C(=O)C(=O)N2C. The maximum atomic E-state index is 11.6. The summed E-state index contributed by atoms with van der Waals surface area (Å²) in [4.78, 5) is 24.4. The number of rotatable bonds is 0. The van der Waals surface area contributed by atoms with Gasteiger partial charge in [0.05, 0.1) is 11.3 Å². The van der Waals surface area contributed by atoms with E-state index in [-0.39, 0.29) is 5.78 Å². The van der Waals surface area contributed by atoms with Crippen LogP contribution in [0, 0.1) is 13.8 Å². The van der Waals surface area contributed by atoms with Crippen LogP contribution in [-0.2, 0) is 4.79 Å². The van der Waals surface area contributed by atoms with E-state index in [9.17, 15) is 9.59 Å². The largest absolute Gasteiger partial charge is 0.308 e. The van der Waals surface area contributed by atoms with Gasteiger partial charge in [-0.1, -0.05) is 6.07 Å². The second kappa shape index (κ2) is 2.67. The minimum atomic E-state index is -0.436. The Kier molecular flexibility index (Phi) is 1.71. The van der Waals surface area contributed by atoms with Crippen LogP contribution in [0.4, 0.5) is 5.69 Å². The minimum absolute atomic E-state index is 0.385. The number of benzene rings is 1. The highest BCUT2D eigenvalue weighted by Gasteiger charge is 2.34. The third kappa shape index (κ3) is 0.923. The number of hydrogen-bond donors (Lipinski definition) is 0. The molecule has 0 fully saturated rings.